The molecule has 0 unspecified atom stereocenters. The van der Waals surface area contributed by atoms with Crippen molar-refractivity contribution in [3.63, 3.8) is 0 Å². The number of Topliss-reactive ketones (excluding diaryl/α,β-unsaturated/α-hetero) is 1. The zero-order valence-electron chi connectivity index (χ0n) is 21.3. The molecule has 6 atom stereocenters. The fourth-order valence-corrected chi connectivity index (χ4v) is 12.6. The van der Waals surface area contributed by atoms with E-state index in [4.69, 9.17) is 5.73 Å². The first-order valence-corrected chi connectivity index (χ1v) is 16.6. The Kier molecular flexibility index (Phi) is 6.53. The van der Waals surface area contributed by atoms with E-state index >= 15 is 0 Å². The molecule has 7 heteroatoms. The van der Waals surface area contributed by atoms with Crippen molar-refractivity contribution in [1.82, 2.24) is 5.32 Å². The lowest BCUT2D eigenvalue weighted by Crippen LogP contribution is -2.56. The fourth-order valence-electron chi connectivity index (χ4n) is 9.76. The third kappa shape index (κ3) is 3.76. The topological polar surface area (TPSA) is 87.7 Å². The molecule has 0 amide bonds. The van der Waals surface area contributed by atoms with Gasteiger partial charge < -0.3 is 16.2 Å². The standard InChI is InChI=1S/C28H43N3O2S2/c1-26-10-12-34-35-17-27(9-11-30-25(29)31-27)8-4-7-21-22-14-20(26)13-19(16-32)24(18-5-2-3-6-18)28(22,26)15-23(21)33/h18-20,24,32H,2-17H2,1H3,(H3,29,30,31)/t19-,20-,24-,26+,27+,28-/m1/s1. The van der Waals surface area contributed by atoms with E-state index in [0.717, 1.165) is 63.0 Å². The number of carbonyl (C=O) groups excluding carboxylic acids is 1. The molecule has 5 nitrogen and oxygen atoms in total. The summed E-state index contributed by atoms with van der Waals surface area (Å²) < 4.78 is 0. The highest BCUT2D eigenvalue weighted by atomic mass is 33.1. The van der Waals surface area contributed by atoms with Gasteiger partial charge in [0.2, 0.25) is 0 Å². The summed E-state index contributed by atoms with van der Waals surface area (Å²) in [5, 5.41) is 14.1. The number of allylic oxidation sites excluding steroid dienone is 2. The van der Waals surface area contributed by atoms with Crippen LogP contribution in [0.15, 0.2) is 16.1 Å². The van der Waals surface area contributed by atoms with E-state index in [1.807, 2.05) is 21.6 Å². The minimum atomic E-state index is -0.00467. The highest BCUT2D eigenvalue weighted by Crippen LogP contribution is 2.76. The molecule has 2 spiro atoms. The van der Waals surface area contributed by atoms with E-state index in [1.165, 1.54) is 37.7 Å². The summed E-state index contributed by atoms with van der Waals surface area (Å²) in [6.45, 7) is 3.65. The molecule has 2 heterocycles. The predicted molar refractivity (Wildman–Crippen MR) is 146 cm³/mol. The lowest BCUT2D eigenvalue weighted by Gasteiger charge is -2.58. The smallest absolute Gasteiger partial charge is 0.189 e. The van der Waals surface area contributed by atoms with Gasteiger partial charge in [-0.1, -0.05) is 59.8 Å². The molecule has 2 aliphatic heterocycles. The lowest BCUT2D eigenvalue weighted by atomic mass is 9.45. The Morgan fingerprint density at radius 3 is 2.77 bits per heavy atom. The molecular formula is C28H43N3O2S2. The van der Waals surface area contributed by atoms with Crippen molar-refractivity contribution in [2.45, 2.75) is 89.5 Å². The maximum Gasteiger partial charge on any atom is 0.189 e. The number of nitrogens with two attached hydrogens (primary N) is 1. The molecule has 6 aliphatic rings. The van der Waals surface area contributed by atoms with Gasteiger partial charge in [0.15, 0.2) is 11.7 Å². The van der Waals surface area contributed by atoms with E-state index in [9.17, 15) is 9.90 Å². The van der Waals surface area contributed by atoms with Gasteiger partial charge in [-0.25, -0.2) is 0 Å². The second kappa shape index (κ2) is 9.27. The maximum atomic E-state index is 13.8. The van der Waals surface area contributed by atoms with Crippen LogP contribution in [0.25, 0.3) is 0 Å². The predicted octanol–water partition coefficient (Wildman–Crippen LogP) is 5.09. The number of carbonyl (C=O) groups is 1. The van der Waals surface area contributed by atoms with Crippen LogP contribution in [0.2, 0.25) is 0 Å². The van der Waals surface area contributed by atoms with E-state index in [2.05, 4.69) is 17.2 Å². The van der Waals surface area contributed by atoms with Crippen LogP contribution < -0.4 is 11.1 Å². The molecule has 6 rings (SSSR count). The van der Waals surface area contributed by atoms with Crippen molar-refractivity contribution in [2.24, 2.45) is 45.2 Å². The Hall–Kier alpha value is -0.660. The van der Waals surface area contributed by atoms with Gasteiger partial charge in [0.1, 0.15) is 0 Å². The molecule has 4 N–H and O–H groups in total. The Morgan fingerprint density at radius 1 is 1.17 bits per heavy atom. The van der Waals surface area contributed by atoms with E-state index < -0.39 is 0 Å². The summed E-state index contributed by atoms with van der Waals surface area (Å²) in [6, 6.07) is 0. The van der Waals surface area contributed by atoms with Gasteiger partial charge in [-0.05, 0) is 79.6 Å². The zero-order chi connectivity index (χ0) is 24.3. The number of hydrogen-bond acceptors (Lipinski definition) is 7. The second-order valence-corrected chi connectivity index (χ2v) is 15.3. The van der Waals surface area contributed by atoms with Crippen molar-refractivity contribution in [1.29, 1.82) is 0 Å². The van der Waals surface area contributed by atoms with E-state index in [-0.39, 0.29) is 16.4 Å². The van der Waals surface area contributed by atoms with Crippen LogP contribution >= 0.6 is 21.6 Å². The summed E-state index contributed by atoms with van der Waals surface area (Å²) >= 11 is 0. The van der Waals surface area contributed by atoms with Crippen LogP contribution in [0, 0.1) is 34.5 Å². The number of rotatable bonds is 2. The molecule has 0 aromatic carbocycles. The molecule has 4 aliphatic carbocycles. The first-order valence-electron chi connectivity index (χ1n) is 14.1. The summed E-state index contributed by atoms with van der Waals surface area (Å²) in [5.41, 5.74) is 9.07. The van der Waals surface area contributed by atoms with E-state index in [0.29, 0.717) is 42.0 Å². The minimum absolute atomic E-state index is 0.00186. The molecular weight excluding hydrogens is 474 g/mol. The number of ketones is 1. The number of aliphatic hydroxyl groups is 1. The number of hydrogen-bond donors (Lipinski definition) is 3. The van der Waals surface area contributed by atoms with Crippen LogP contribution in [0.3, 0.4) is 0 Å². The zero-order valence-corrected chi connectivity index (χ0v) is 23.0. The molecule has 0 radical (unpaired) electrons. The third-order valence-electron chi connectivity index (χ3n) is 11.3. The number of nitrogens with zero attached hydrogens (tertiary/aromatic N) is 1. The van der Waals surface area contributed by atoms with Gasteiger partial charge in [-0.3, -0.25) is 9.79 Å². The average molecular weight is 518 g/mol. The van der Waals surface area contributed by atoms with Gasteiger partial charge in [-0.2, -0.15) is 0 Å². The molecule has 3 saturated carbocycles. The van der Waals surface area contributed by atoms with Gasteiger partial charge in [0.25, 0.3) is 0 Å². The number of nitrogens with one attached hydrogen (secondary N) is 1. The van der Waals surface area contributed by atoms with Gasteiger partial charge in [0, 0.05) is 36.5 Å². The average Bonchev–Trinajstić information content (AvgIpc) is 3.47. The number of aliphatic hydroxyl groups excluding tert-OH is 1. The fraction of sp³-hybridized carbons (Fsp3) is 0.857. The molecule has 3 fully saturated rings. The van der Waals surface area contributed by atoms with Crippen molar-refractivity contribution in [2.75, 3.05) is 24.7 Å². The SMILES string of the molecule is C[C@]12CCSSC[C@]3(CCCC4=C5C[C@H]1C[C@H](CO)[C@@H](C1CCCC1)[C@@]52CC4=O)CCN=C(N)N3. The largest absolute Gasteiger partial charge is 0.396 e. The van der Waals surface area contributed by atoms with Gasteiger partial charge in [0.05, 0.1) is 5.54 Å². The van der Waals surface area contributed by atoms with Crippen molar-refractivity contribution >= 4 is 33.3 Å². The first kappa shape index (κ1) is 24.7. The van der Waals surface area contributed by atoms with Gasteiger partial charge >= 0.3 is 0 Å². The van der Waals surface area contributed by atoms with Crippen molar-refractivity contribution in [3.05, 3.63) is 11.1 Å². The van der Waals surface area contributed by atoms with Crippen LogP contribution in [-0.4, -0.2) is 47.0 Å². The quantitative estimate of drug-likeness (QED) is 0.442. The molecule has 0 aromatic heterocycles. The minimum Gasteiger partial charge on any atom is -0.396 e. The summed E-state index contributed by atoms with van der Waals surface area (Å²) in [7, 11) is 4.03. The Morgan fingerprint density at radius 2 is 2.00 bits per heavy atom. The van der Waals surface area contributed by atoms with E-state index in [1.54, 1.807) is 5.57 Å². The monoisotopic (exact) mass is 517 g/mol. The highest BCUT2D eigenvalue weighted by Gasteiger charge is 2.70. The van der Waals surface area contributed by atoms with Crippen LogP contribution in [0.5, 0.6) is 0 Å². The van der Waals surface area contributed by atoms with Crippen molar-refractivity contribution < 1.29 is 9.90 Å². The number of aliphatic imine (C=N–C) groups is 1. The number of guanidine groups is 1. The maximum absolute atomic E-state index is 13.8. The lowest BCUT2D eigenvalue weighted by molar-refractivity contribution is -0.129. The third-order valence-corrected chi connectivity index (χ3v) is 13.9. The summed E-state index contributed by atoms with van der Waals surface area (Å²) in [4.78, 5) is 18.2. The highest BCUT2D eigenvalue weighted by molar-refractivity contribution is 8.76. The molecule has 35 heavy (non-hydrogen) atoms. The Bertz CT molecular complexity index is 931. The molecule has 194 valence electrons. The van der Waals surface area contributed by atoms with Crippen LogP contribution in [0.4, 0.5) is 0 Å². The Labute approximate surface area is 218 Å². The van der Waals surface area contributed by atoms with Gasteiger partial charge in [-0.15, -0.1) is 0 Å². The normalized spacial score (nSPS) is 44.6. The second-order valence-electron chi connectivity index (χ2n) is 12.7. The van der Waals surface area contributed by atoms with Crippen LogP contribution in [0.1, 0.15) is 84.0 Å². The van der Waals surface area contributed by atoms with Crippen molar-refractivity contribution in [3.8, 4) is 0 Å². The van der Waals surface area contributed by atoms with Crippen LogP contribution in [-0.2, 0) is 4.79 Å². The summed E-state index contributed by atoms with van der Waals surface area (Å²) in [5.74, 6) is 5.35. The Balaban J connectivity index is 1.39. The molecule has 0 saturated heterocycles. The first-order chi connectivity index (χ1) is 16.9. The molecule has 0 aromatic rings. The summed E-state index contributed by atoms with van der Waals surface area (Å²) in [6.07, 6.45) is 13.4. The molecule has 5 bridgehead atoms.